The fourth-order valence-electron chi connectivity index (χ4n) is 3.47. The average Bonchev–Trinajstić information content (AvgIpc) is 2.80. The number of hydrogen-bond donors (Lipinski definition) is 1. The molecule has 1 N–H and O–H groups in total. The van der Waals surface area contributed by atoms with Crippen molar-refractivity contribution in [2.75, 3.05) is 26.7 Å². The highest BCUT2D eigenvalue weighted by molar-refractivity contribution is 14.0. The van der Waals surface area contributed by atoms with Crippen LogP contribution < -0.4 is 10.1 Å². The zero-order valence-corrected chi connectivity index (χ0v) is 20.5. The van der Waals surface area contributed by atoms with Crippen LogP contribution in [0.2, 0.25) is 0 Å². The lowest BCUT2D eigenvalue weighted by molar-refractivity contribution is -0.149. The minimum absolute atomic E-state index is 0. The number of nitrogens with one attached hydrogen (secondary N) is 1. The van der Waals surface area contributed by atoms with Crippen LogP contribution >= 0.6 is 24.0 Å². The van der Waals surface area contributed by atoms with E-state index in [0.717, 1.165) is 43.0 Å². The first-order valence-electron chi connectivity index (χ1n) is 10.4. The monoisotopic (exact) mass is 538 g/mol. The summed E-state index contributed by atoms with van der Waals surface area (Å²) in [4.78, 5) is 22.8. The molecular formula is C23H31IN4O3. The third-order valence-electron chi connectivity index (χ3n) is 5.11. The standard InChI is InChI=1S/C23H30N4O3.HI/c1-3-29-22(28)20-10-13-27(14-11-20)23(24-2)26-16-19-9-12-25-21(15-19)30-17-18-7-5-4-6-8-18;/h4-9,12,15,20H,3,10-11,13-14,16-17H2,1-2H3,(H,24,26);1H. The molecule has 3 rings (SSSR count). The lowest BCUT2D eigenvalue weighted by atomic mass is 9.97. The smallest absolute Gasteiger partial charge is 0.309 e. The highest BCUT2D eigenvalue weighted by atomic mass is 127. The van der Waals surface area contributed by atoms with Gasteiger partial charge in [-0.05, 0) is 37.0 Å². The van der Waals surface area contributed by atoms with Crippen LogP contribution in [0.3, 0.4) is 0 Å². The van der Waals surface area contributed by atoms with Crippen molar-refractivity contribution in [2.45, 2.75) is 32.9 Å². The van der Waals surface area contributed by atoms with Gasteiger partial charge in [-0.3, -0.25) is 9.79 Å². The lowest BCUT2D eigenvalue weighted by Crippen LogP contribution is -2.46. The van der Waals surface area contributed by atoms with Gasteiger partial charge in [-0.25, -0.2) is 4.98 Å². The first kappa shape index (κ1) is 24.9. The highest BCUT2D eigenvalue weighted by Crippen LogP contribution is 2.19. The van der Waals surface area contributed by atoms with Gasteiger partial charge in [0, 0.05) is 38.9 Å². The van der Waals surface area contributed by atoms with E-state index in [1.54, 1.807) is 13.2 Å². The van der Waals surface area contributed by atoms with Gasteiger partial charge < -0.3 is 19.7 Å². The molecule has 0 bridgehead atoms. The average molecular weight is 538 g/mol. The summed E-state index contributed by atoms with van der Waals surface area (Å²) in [6, 6.07) is 13.9. The van der Waals surface area contributed by atoms with E-state index in [2.05, 4.69) is 20.2 Å². The Morgan fingerprint density at radius 2 is 1.94 bits per heavy atom. The minimum Gasteiger partial charge on any atom is -0.473 e. The summed E-state index contributed by atoms with van der Waals surface area (Å²) >= 11 is 0. The molecule has 0 atom stereocenters. The topological polar surface area (TPSA) is 76.0 Å². The molecule has 1 aliphatic heterocycles. The van der Waals surface area contributed by atoms with Crippen LogP contribution in [0.25, 0.3) is 0 Å². The molecule has 8 heteroatoms. The number of piperidine rings is 1. The predicted octanol–water partition coefficient (Wildman–Crippen LogP) is 3.63. The molecule has 31 heavy (non-hydrogen) atoms. The number of carbonyl (C=O) groups is 1. The molecule has 0 spiro atoms. The number of pyridine rings is 1. The van der Waals surface area contributed by atoms with E-state index in [-0.39, 0.29) is 35.9 Å². The van der Waals surface area contributed by atoms with Crippen molar-refractivity contribution >= 4 is 35.9 Å². The molecule has 2 heterocycles. The number of aliphatic imine (C=N–C) groups is 1. The van der Waals surface area contributed by atoms with Gasteiger partial charge in [0.2, 0.25) is 5.88 Å². The Balaban J connectivity index is 0.00000341. The van der Waals surface area contributed by atoms with E-state index in [9.17, 15) is 4.79 Å². The van der Waals surface area contributed by atoms with Gasteiger partial charge in [0.15, 0.2) is 5.96 Å². The zero-order valence-electron chi connectivity index (χ0n) is 18.1. The summed E-state index contributed by atoms with van der Waals surface area (Å²) < 4.78 is 11.0. The van der Waals surface area contributed by atoms with Crippen LogP contribution in [-0.2, 0) is 22.7 Å². The molecular weight excluding hydrogens is 507 g/mol. The SMILES string of the molecule is CCOC(=O)C1CCN(C(=NC)NCc2ccnc(OCc3ccccc3)c2)CC1.I. The predicted molar refractivity (Wildman–Crippen MR) is 132 cm³/mol. The third kappa shape index (κ3) is 7.68. The Kier molecular flexibility index (Phi) is 10.6. The van der Waals surface area contributed by atoms with E-state index in [4.69, 9.17) is 9.47 Å². The maximum Gasteiger partial charge on any atom is 0.309 e. The molecule has 0 amide bonds. The van der Waals surface area contributed by atoms with Crippen LogP contribution in [0.4, 0.5) is 0 Å². The van der Waals surface area contributed by atoms with Crippen molar-refractivity contribution in [2.24, 2.45) is 10.9 Å². The number of halogens is 1. The second-order valence-electron chi connectivity index (χ2n) is 7.19. The first-order valence-corrected chi connectivity index (χ1v) is 10.4. The minimum atomic E-state index is -0.0834. The van der Waals surface area contributed by atoms with E-state index >= 15 is 0 Å². The summed E-state index contributed by atoms with van der Waals surface area (Å²) in [6.45, 7) is 4.95. The molecule has 1 fully saturated rings. The van der Waals surface area contributed by atoms with Crippen LogP contribution in [0.15, 0.2) is 53.7 Å². The Morgan fingerprint density at radius 1 is 1.19 bits per heavy atom. The van der Waals surface area contributed by atoms with E-state index in [0.29, 0.717) is 25.6 Å². The molecule has 1 saturated heterocycles. The van der Waals surface area contributed by atoms with Gasteiger partial charge in [-0.1, -0.05) is 30.3 Å². The van der Waals surface area contributed by atoms with Crippen LogP contribution in [-0.4, -0.2) is 48.6 Å². The Bertz CT molecular complexity index is 840. The number of nitrogens with zero attached hydrogens (tertiary/aromatic N) is 3. The Hall–Kier alpha value is -2.36. The number of benzene rings is 1. The van der Waals surface area contributed by atoms with Crippen molar-refractivity contribution in [3.8, 4) is 5.88 Å². The van der Waals surface area contributed by atoms with Crippen molar-refractivity contribution in [3.63, 3.8) is 0 Å². The fraction of sp³-hybridized carbons (Fsp3) is 0.435. The number of carbonyl (C=O) groups excluding carboxylic acids is 1. The molecule has 1 aliphatic rings. The summed E-state index contributed by atoms with van der Waals surface area (Å²) in [7, 11) is 1.78. The van der Waals surface area contributed by atoms with E-state index < -0.39 is 0 Å². The zero-order chi connectivity index (χ0) is 21.2. The van der Waals surface area contributed by atoms with Crippen LogP contribution in [0.1, 0.15) is 30.9 Å². The number of aromatic nitrogens is 1. The quantitative estimate of drug-likeness (QED) is 0.251. The van der Waals surface area contributed by atoms with E-state index in [1.165, 1.54) is 0 Å². The van der Waals surface area contributed by atoms with Crippen LogP contribution in [0.5, 0.6) is 5.88 Å². The Labute approximate surface area is 201 Å². The largest absolute Gasteiger partial charge is 0.473 e. The van der Waals surface area contributed by atoms with Crippen molar-refractivity contribution in [3.05, 3.63) is 59.8 Å². The summed E-state index contributed by atoms with van der Waals surface area (Å²) in [5.74, 6) is 1.34. The van der Waals surface area contributed by atoms with Crippen molar-refractivity contribution in [1.82, 2.24) is 15.2 Å². The Morgan fingerprint density at radius 3 is 2.61 bits per heavy atom. The van der Waals surface area contributed by atoms with Gasteiger partial charge in [-0.2, -0.15) is 0 Å². The number of hydrogen-bond acceptors (Lipinski definition) is 5. The van der Waals surface area contributed by atoms with Gasteiger partial charge in [0.1, 0.15) is 6.61 Å². The van der Waals surface area contributed by atoms with Gasteiger partial charge in [0.25, 0.3) is 0 Å². The molecule has 1 aromatic carbocycles. The molecule has 1 aromatic heterocycles. The fourth-order valence-corrected chi connectivity index (χ4v) is 3.47. The number of guanidine groups is 1. The molecule has 0 unspecified atom stereocenters. The van der Waals surface area contributed by atoms with Crippen molar-refractivity contribution < 1.29 is 14.3 Å². The lowest BCUT2D eigenvalue weighted by Gasteiger charge is -2.33. The second-order valence-corrected chi connectivity index (χ2v) is 7.19. The molecule has 0 radical (unpaired) electrons. The van der Waals surface area contributed by atoms with Gasteiger partial charge in [-0.15, -0.1) is 24.0 Å². The molecule has 7 nitrogen and oxygen atoms in total. The summed E-state index contributed by atoms with van der Waals surface area (Å²) in [5.41, 5.74) is 2.17. The second kappa shape index (κ2) is 13.1. The molecule has 168 valence electrons. The van der Waals surface area contributed by atoms with Crippen molar-refractivity contribution in [1.29, 1.82) is 0 Å². The molecule has 0 aliphatic carbocycles. The molecule has 2 aromatic rings. The first-order chi connectivity index (χ1) is 14.7. The normalized spacial score (nSPS) is 14.5. The molecule has 0 saturated carbocycles. The number of esters is 1. The number of rotatable bonds is 7. The van der Waals surface area contributed by atoms with E-state index in [1.807, 2.05) is 49.4 Å². The van der Waals surface area contributed by atoms with Gasteiger partial charge in [0.05, 0.1) is 12.5 Å². The van der Waals surface area contributed by atoms with Crippen LogP contribution in [0, 0.1) is 5.92 Å². The maximum absolute atomic E-state index is 11.9. The highest BCUT2D eigenvalue weighted by Gasteiger charge is 2.27. The number of likely N-dealkylation sites (tertiary alicyclic amines) is 1. The van der Waals surface area contributed by atoms with Gasteiger partial charge >= 0.3 is 5.97 Å². The third-order valence-corrected chi connectivity index (χ3v) is 5.11. The summed E-state index contributed by atoms with van der Waals surface area (Å²) in [5, 5.41) is 3.40. The number of ether oxygens (including phenoxy) is 2. The maximum atomic E-state index is 11.9. The summed E-state index contributed by atoms with van der Waals surface area (Å²) in [6.07, 6.45) is 3.32.